The van der Waals surface area contributed by atoms with Gasteiger partial charge in [-0.1, -0.05) is 54.1 Å². The van der Waals surface area contributed by atoms with Crippen LogP contribution in [0.4, 0.5) is 0 Å². The molecular weight excluding hydrogens is 320 g/mol. The lowest BCUT2D eigenvalue weighted by Crippen LogP contribution is -2.17. The van der Waals surface area contributed by atoms with Gasteiger partial charge in [-0.2, -0.15) is 0 Å². The van der Waals surface area contributed by atoms with Gasteiger partial charge >= 0.3 is 0 Å². The molecule has 2 heteroatoms. The first kappa shape index (κ1) is 15.7. The maximum atomic E-state index is 10.7. The van der Waals surface area contributed by atoms with Gasteiger partial charge in [-0.3, -0.25) is 0 Å². The molecule has 2 aromatic carbocycles. The highest BCUT2D eigenvalue weighted by Gasteiger charge is 2.30. The molecule has 2 nitrogen and oxygen atoms in total. The largest absolute Gasteiger partial charge is 0.507 e. The number of aryl methyl sites for hydroxylation is 2. The van der Waals surface area contributed by atoms with Crippen LogP contribution in [0, 0.1) is 5.92 Å². The zero-order valence-electron chi connectivity index (χ0n) is 17.5. The topological polar surface area (TPSA) is 40.5 Å². The van der Waals surface area contributed by atoms with Crippen molar-refractivity contribution in [2.45, 2.75) is 45.4 Å². The Morgan fingerprint density at radius 2 is 1.77 bits per heavy atom. The van der Waals surface area contributed by atoms with Crippen LogP contribution in [0.25, 0.3) is 0 Å². The lowest BCUT2D eigenvalue weighted by molar-refractivity contribution is 0.406. The van der Waals surface area contributed by atoms with Crippen molar-refractivity contribution in [1.82, 2.24) is 0 Å². The molecular formula is C24H28O2. The van der Waals surface area contributed by atoms with Crippen LogP contribution in [0.1, 0.15) is 52.0 Å². The van der Waals surface area contributed by atoms with E-state index in [2.05, 4.69) is 18.2 Å². The fourth-order valence-corrected chi connectivity index (χ4v) is 3.94. The maximum absolute atomic E-state index is 10.7. The summed E-state index contributed by atoms with van der Waals surface area (Å²) in [6, 6.07) is 13.6. The molecule has 0 heterocycles. The Hall–Kier alpha value is -2.48. The van der Waals surface area contributed by atoms with Gasteiger partial charge in [0.25, 0.3) is 0 Å². The van der Waals surface area contributed by atoms with Crippen LogP contribution in [0.2, 0.25) is 0 Å². The molecule has 0 saturated heterocycles. The number of benzene rings is 2. The van der Waals surface area contributed by atoms with E-state index in [1.54, 1.807) is 12.1 Å². The minimum Gasteiger partial charge on any atom is -0.507 e. The Morgan fingerprint density at radius 1 is 1.12 bits per heavy atom. The second-order valence-corrected chi connectivity index (χ2v) is 7.40. The first-order valence-electron chi connectivity index (χ1n) is 10.3. The summed E-state index contributed by atoms with van der Waals surface area (Å²) in [5, 5.41) is 21.5. The van der Waals surface area contributed by atoms with E-state index in [1.165, 1.54) is 11.1 Å². The number of phenolic OH excluding ortho intramolecular Hbond substituents is 2. The van der Waals surface area contributed by atoms with Gasteiger partial charge in [0, 0.05) is 11.5 Å². The van der Waals surface area contributed by atoms with Gasteiger partial charge in [-0.15, -0.1) is 0 Å². The number of hydrogen-bond acceptors (Lipinski definition) is 2. The minimum atomic E-state index is -0.220. The van der Waals surface area contributed by atoms with Gasteiger partial charge in [0.1, 0.15) is 11.5 Å². The van der Waals surface area contributed by atoms with Crippen molar-refractivity contribution in [2.75, 3.05) is 0 Å². The molecule has 0 bridgehead atoms. The van der Waals surface area contributed by atoms with Crippen molar-refractivity contribution in [3.05, 3.63) is 82.9 Å². The van der Waals surface area contributed by atoms with Crippen molar-refractivity contribution in [1.29, 1.82) is 0 Å². The van der Waals surface area contributed by atoms with E-state index in [4.69, 9.17) is 2.74 Å². The van der Waals surface area contributed by atoms with Gasteiger partial charge < -0.3 is 10.2 Å². The molecule has 0 aromatic heterocycles. The standard InChI is InChI=1S/C24H28O2/c1-16(2)20-12-9-17(3)13-21(20)24-22(25)14-19(15-23(24)26)11-10-18-7-5-4-6-8-18/h4-8,13-15,20-21,25-26H,1,9-12H2,2-3H3/t20-,21+/m0/s1/i1D2. The van der Waals surface area contributed by atoms with Gasteiger partial charge in [-0.05, 0) is 68.7 Å². The Bertz CT molecular complexity index is 873. The second kappa shape index (κ2) is 7.82. The van der Waals surface area contributed by atoms with Crippen LogP contribution < -0.4 is 0 Å². The molecule has 0 radical (unpaired) electrons. The van der Waals surface area contributed by atoms with E-state index < -0.39 is 0 Å². The van der Waals surface area contributed by atoms with Crippen molar-refractivity contribution in [3.8, 4) is 11.5 Å². The van der Waals surface area contributed by atoms with Crippen LogP contribution in [-0.4, -0.2) is 10.2 Å². The van der Waals surface area contributed by atoms with Crippen molar-refractivity contribution >= 4 is 0 Å². The smallest absolute Gasteiger partial charge is 0.123 e. The van der Waals surface area contributed by atoms with E-state index in [1.807, 2.05) is 32.0 Å². The summed E-state index contributed by atoms with van der Waals surface area (Å²) < 4.78 is 15.4. The summed E-state index contributed by atoms with van der Waals surface area (Å²) in [6.07, 6.45) is 5.36. The zero-order chi connectivity index (χ0) is 20.3. The predicted octanol–water partition coefficient (Wildman–Crippen LogP) is 5.90. The third-order valence-electron chi connectivity index (χ3n) is 5.38. The van der Waals surface area contributed by atoms with E-state index in [0.717, 1.165) is 31.2 Å². The Morgan fingerprint density at radius 3 is 2.42 bits per heavy atom. The van der Waals surface area contributed by atoms with Gasteiger partial charge in [0.15, 0.2) is 0 Å². The summed E-state index contributed by atoms with van der Waals surface area (Å²) in [6.45, 7) is 3.68. The third-order valence-corrected chi connectivity index (χ3v) is 5.38. The Kier molecular flexibility index (Phi) is 4.74. The second-order valence-electron chi connectivity index (χ2n) is 7.40. The van der Waals surface area contributed by atoms with E-state index in [9.17, 15) is 10.2 Å². The first-order valence-corrected chi connectivity index (χ1v) is 9.26. The summed E-state index contributed by atoms with van der Waals surface area (Å²) in [5.74, 6) is -0.0927. The number of aromatic hydroxyl groups is 2. The Labute approximate surface area is 159 Å². The highest BCUT2D eigenvalue weighted by molar-refractivity contribution is 5.52. The highest BCUT2D eigenvalue weighted by Crippen LogP contribution is 2.46. The quantitative estimate of drug-likeness (QED) is 0.659. The predicted molar refractivity (Wildman–Crippen MR) is 108 cm³/mol. The van der Waals surface area contributed by atoms with Crippen molar-refractivity contribution in [3.63, 3.8) is 0 Å². The molecule has 0 spiro atoms. The minimum absolute atomic E-state index is 0.0549. The zero-order valence-corrected chi connectivity index (χ0v) is 15.5. The molecule has 2 N–H and O–H groups in total. The van der Waals surface area contributed by atoms with Crippen LogP contribution in [0.5, 0.6) is 11.5 Å². The lowest BCUT2D eigenvalue weighted by Gasteiger charge is -2.31. The number of phenols is 2. The molecule has 1 aliphatic rings. The molecule has 1 aliphatic carbocycles. The summed E-state index contributed by atoms with van der Waals surface area (Å²) in [4.78, 5) is 0. The van der Waals surface area contributed by atoms with E-state index >= 15 is 0 Å². The molecule has 0 aliphatic heterocycles. The molecule has 0 unspecified atom stereocenters. The molecule has 0 amide bonds. The number of hydrogen-bond donors (Lipinski definition) is 2. The molecule has 0 saturated carbocycles. The first-order chi connectivity index (χ1) is 13.4. The van der Waals surface area contributed by atoms with E-state index in [-0.39, 0.29) is 29.9 Å². The normalized spacial score (nSPS) is 20.8. The maximum Gasteiger partial charge on any atom is 0.123 e. The van der Waals surface area contributed by atoms with Crippen LogP contribution in [-0.2, 0) is 12.8 Å². The van der Waals surface area contributed by atoms with Crippen molar-refractivity contribution in [2.24, 2.45) is 5.92 Å². The summed E-state index contributed by atoms with van der Waals surface area (Å²) >= 11 is 0. The average molecular weight is 350 g/mol. The van der Waals surface area contributed by atoms with Crippen molar-refractivity contribution < 1.29 is 13.0 Å². The number of rotatable bonds is 5. The fraction of sp³-hybridized carbons (Fsp3) is 0.333. The molecule has 2 atom stereocenters. The van der Waals surface area contributed by atoms with E-state index in [0.29, 0.717) is 11.1 Å². The molecule has 2 aromatic rings. The molecule has 0 fully saturated rings. The highest BCUT2D eigenvalue weighted by atomic mass is 16.3. The summed E-state index contributed by atoms with van der Waals surface area (Å²) in [5.41, 5.74) is 4.52. The lowest BCUT2D eigenvalue weighted by atomic mass is 9.73. The van der Waals surface area contributed by atoms with Crippen LogP contribution >= 0.6 is 0 Å². The monoisotopic (exact) mass is 350 g/mol. The SMILES string of the molecule is [2H]C([2H])=C(C)[C@@H]1CCC(C)=C[C@H]1c1c(O)cc(CCc2ccccc2)cc1O. The van der Waals surface area contributed by atoms with Crippen LogP contribution in [0.15, 0.2) is 66.2 Å². The molecule has 3 rings (SSSR count). The average Bonchev–Trinajstić information content (AvgIpc) is 2.66. The molecule has 26 heavy (non-hydrogen) atoms. The molecule has 136 valence electrons. The van der Waals surface area contributed by atoms with Gasteiger partial charge in [-0.25, -0.2) is 0 Å². The summed E-state index contributed by atoms with van der Waals surface area (Å²) in [7, 11) is 0. The number of allylic oxidation sites excluding steroid dienone is 3. The van der Waals surface area contributed by atoms with Gasteiger partial charge in [0.2, 0.25) is 0 Å². The third kappa shape index (κ3) is 4.01. The van der Waals surface area contributed by atoms with Crippen LogP contribution in [0.3, 0.4) is 0 Å². The fourth-order valence-electron chi connectivity index (χ4n) is 3.94. The Balaban J connectivity index is 1.90. The van der Waals surface area contributed by atoms with Gasteiger partial charge in [0.05, 0.1) is 2.74 Å².